The fourth-order valence-electron chi connectivity index (χ4n) is 3.18. The van der Waals surface area contributed by atoms with Crippen molar-refractivity contribution in [1.29, 1.82) is 0 Å². The van der Waals surface area contributed by atoms with Crippen molar-refractivity contribution >= 4 is 22.8 Å². The number of aromatic nitrogens is 2. The molecule has 1 heterocycles. The van der Waals surface area contributed by atoms with Crippen LogP contribution >= 0.6 is 0 Å². The minimum atomic E-state index is -4.71. The van der Waals surface area contributed by atoms with Gasteiger partial charge in [-0.1, -0.05) is 38.1 Å². The number of para-hydroxylation sites is 1. The van der Waals surface area contributed by atoms with Crippen LogP contribution in [0.4, 0.5) is 23.8 Å². The molecule has 0 spiro atoms. The number of nitrogens with zero attached hydrogens (tertiary/aromatic N) is 2. The largest absolute Gasteiger partial charge is 0.493 e. The van der Waals surface area contributed by atoms with Crippen molar-refractivity contribution < 1.29 is 22.7 Å². The van der Waals surface area contributed by atoms with Crippen LogP contribution in [0.2, 0.25) is 0 Å². The van der Waals surface area contributed by atoms with E-state index in [1.165, 1.54) is 11.6 Å². The van der Waals surface area contributed by atoms with E-state index in [2.05, 4.69) is 46.1 Å². The number of urea groups is 1. The summed E-state index contributed by atoms with van der Waals surface area (Å²) in [5.41, 5.74) is 7.26. The number of carbonyl (C=O) groups is 1. The highest BCUT2D eigenvalue weighted by Gasteiger charge is 2.35. The minimum absolute atomic E-state index is 0.111. The molecule has 176 valence electrons. The van der Waals surface area contributed by atoms with Gasteiger partial charge in [-0.25, -0.2) is 14.8 Å². The number of carbonyl (C=O) groups excluding carboxylic acids is 1. The van der Waals surface area contributed by atoms with Gasteiger partial charge in [0.05, 0.1) is 12.1 Å². The number of alkyl halides is 3. The molecule has 7 nitrogen and oxygen atoms in total. The van der Waals surface area contributed by atoms with Gasteiger partial charge in [0.2, 0.25) is 5.82 Å². The molecule has 0 radical (unpaired) electrons. The molecule has 10 heteroatoms. The zero-order chi connectivity index (χ0) is 23.8. The quantitative estimate of drug-likeness (QED) is 0.313. The highest BCUT2D eigenvalue weighted by molar-refractivity contribution is 5.89. The van der Waals surface area contributed by atoms with Crippen molar-refractivity contribution in [2.75, 3.05) is 18.6 Å². The summed E-state index contributed by atoms with van der Waals surface area (Å²) in [7, 11) is 0. The lowest BCUT2D eigenvalue weighted by molar-refractivity contribution is -0.144. The highest BCUT2D eigenvalue weighted by Crippen LogP contribution is 2.30. The molecule has 0 aliphatic carbocycles. The number of hydrogen-bond donors (Lipinski definition) is 3. The van der Waals surface area contributed by atoms with Crippen LogP contribution in [0.5, 0.6) is 5.75 Å². The van der Waals surface area contributed by atoms with Crippen molar-refractivity contribution in [3.8, 4) is 5.75 Å². The maximum absolute atomic E-state index is 13.1. The van der Waals surface area contributed by atoms with Crippen molar-refractivity contribution in [2.45, 2.75) is 39.3 Å². The van der Waals surface area contributed by atoms with Crippen LogP contribution < -0.4 is 20.9 Å². The van der Waals surface area contributed by atoms with Crippen LogP contribution in [0.25, 0.3) is 10.9 Å². The highest BCUT2D eigenvalue weighted by atomic mass is 19.4. The Labute approximate surface area is 189 Å². The monoisotopic (exact) mass is 461 g/mol. The third-order valence-electron chi connectivity index (χ3n) is 4.93. The Morgan fingerprint density at radius 1 is 1.06 bits per heavy atom. The Balaban J connectivity index is 1.49. The third-order valence-corrected chi connectivity index (χ3v) is 4.93. The van der Waals surface area contributed by atoms with E-state index < -0.39 is 18.0 Å². The lowest BCUT2D eigenvalue weighted by atomic mass is 10.1. The van der Waals surface area contributed by atoms with Crippen LogP contribution in [0.3, 0.4) is 0 Å². The first-order valence-corrected chi connectivity index (χ1v) is 10.7. The number of amides is 2. The normalized spacial score (nSPS) is 11.3. The first-order chi connectivity index (χ1) is 15.8. The van der Waals surface area contributed by atoms with Crippen LogP contribution in [-0.4, -0.2) is 29.2 Å². The summed E-state index contributed by atoms with van der Waals surface area (Å²) in [6.45, 7) is 4.90. The maximum Gasteiger partial charge on any atom is 0.451 e. The van der Waals surface area contributed by atoms with E-state index in [0.29, 0.717) is 25.0 Å². The van der Waals surface area contributed by atoms with Crippen LogP contribution in [-0.2, 0) is 19.0 Å². The first kappa shape index (κ1) is 24.1. The summed E-state index contributed by atoms with van der Waals surface area (Å²) in [6, 6.07) is 11.7. The van der Waals surface area contributed by atoms with E-state index >= 15 is 0 Å². The zero-order valence-electron chi connectivity index (χ0n) is 18.4. The van der Waals surface area contributed by atoms with E-state index in [1.807, 2.05) is 12.1 Å². The lowest BCUT2D eigenvalue weighted by Gasteiger charge is -2.14. The summed E-state index contributed by atoms with van der Waals surface area (Å²) in [5.74, 6) is -0.604. The number of hydrogen-bond acceptors (Lipinski definition) is 5. The Kier molecular flexibility index (Phi) is 7.92. The predicted octanol–water partition coefficient (Wildman–Crippen LogP) is 4.87. The van der Waals surface area contributed by atoms with E-state index in [9.17, 15) is 18.0 Å². The second-order valence-corrected chi connectivity index (χ2v) is 7.27. The van der Waals surface area contributed by atoms with Gasteiger partial charge in [0.15, 0.2) is 5.82 Å². The second-order valence-electron chi connectivity index (χ2n) is 7.27. The van der Waals surface area contributed by atoms with Crippen molar-refractivity contribution in [3.63, 3.8) is 0 Å². The third kappa shape index (κ3) is 6.47. The van der Waals surface area contributed by atoms with Gasteiger partial charge in [-0.05, 0) is 48.6 Å². The molecular formula is C23H26F3N5O2. The molecule has 3 rings (SSSR count). The van der Waals surface area contributed by atoms with Crippen LogP contribution in [0.15, 0.2) is 42.5 Å². The number of halogens is 3. The molecule has 33 heavy (non-hydrogen) atoms. The molecule has 3 N–H and O–H groups in total. The molecule has 3 aromatic rings. The number of fused-ring (bicyclic) bond motifs is 1. The Bertz CT molecular complexity index is 1110. The Morgan fingerprint density at radius 3 is 2.58 bits per heavy atom. The Morgan fingerprint density at radius 2 is 1.85 bits per heavy atom. The first-order valence-electron chi connectivity index (χ1n) is 10.7. The van der Waals surface area contributed by atoms with Gasteiger partial charge in [-0.3, -0.25) is 10.9 Å². The molecular weight excluding hydrogens is 435 g/mol. The standard InChI is InChI=1S/C23H26F3N5O2/c1-3-15-10-11-19(16(4-2)14-15)33-13-7-12-27-22(32)31-30-20-17-8-5-6-9-18(17)28-21(29-20)23(24,25)26/h5-6,8-11,14H,3-4,7,12-13H2,1-2H3,(H2,27,31,32)(H,28,29,30). The maximum atomic E-state index is 13.1. The Hall–Kier alpha value is -3.56. The molecule has 0 saturated heterocycles. The summed E-state index contributed by atoms with van der Waals surface area (Å²) in [6.07, 6.45) is -2.33. The zero-order valence-corrected chi connectivity index (χ0v) is 18.4. The summed E-state index contributed by atoms with van der Waals surface area (Å²) < 4.78 is 45.1. The molecule has 0 saturated carbocycles. The predicted molar refractivity (Wildman–Crippen MR) is 120 cm³/mol. The molecule has 2 aromatic carbocycles. The second kappa shape index (κ2) is 10.8. The van der Waals surface area contributed by atoms with Gasteiger partial charge in [0.25, 0.3) is 0 Å². The van der Waals surface area contributed by atoms with Gasteiger partial charge < -0.3 is 10.1 Å². The van der Waals surface area contributed by atoms with Crippen molar-refractivity contribution in [1.82, 2.24) is 20.7 Å². The minimum Gasteiger partial charge on any atom is -0.493 e. The van der Waals surface area contributed by atoms with E-state index in [1.54, 1.807) is 18.2 Å². The fraction of sp³-hybridized carbons (Fsp3) is 0.348. The lowest BCUT2D eigenvalue weighted by Crippen LogP contribution is -2.40. The number of hydrazine groups is 1. The average molecular weight is 461 g/mol. The number of aryl methyl sites for hydroxylation is 2. The van der Waals surface area contributed by atoms with E-state index in [0.717, 1.165) is 24.2 Å². The molecule has 0 aliphatic heterocycles. The average Bonchev–Trinajstić information content (AvgIpc) is 2.81. The molecule has 0 atom stereocenters. The van der Waals surface area contributed by atoms with E-state index in [4.69, 9.17) is 4.74 Å². The molecule has 0 fully saturated rings. The molecule has 0 aliphatic rings. The van der Waals surface area contributed by atoms with Gasteiger partial charge in [0, 0.05) is 11.9 Å². The van der Waals surface area contributed by atoms with Crippen molar-refractivity contribution in [3.05, 3.63) is 59.4 Å². The topological polar surface area (TPSA) is 88.2 Å². The summed E-state index contributed by atoms with van der Waals surface area (Å²) in [4.78, 5) is 19.1. The molecule has 1 aromatic heterocycles. The number of nitrogens with one attached hydrogen (secondary N) is 3. The van der Waals surface area contributed by atoms with E-state index in [-0.39, 0.29) is 11.3 Å². The number of ether oxygens (including phenoxy) is 1. The number of anilines is 1. The molecule has 0 bridgehead atoms. The van der Waals surface area contributed by atoms with Gasteiger partial charge in [-0.2, -0.15) is 13.2 Å². The van der Waals surface area contributed by atoms with Gasteiger partial charge in [-0.15, -0.1) is 0 Å². The summed E-state index contributed by atoms with van der Waals surface area (Å²) in [5, 5.41) is 2.97. The van der Waals surface area contributed by atoms with Crippen LogP contribution in [0.1, 0.15) is 37.2 Å². The SMILES string of the molecule is CCc1ccc(OCCCNC(=O)NNc2nc(C(F)(F)F)nc3ccccc23)c(CC)c1. The van der Waals surface area contributed by atoms with Gasteiger partial charge in [0.1, 0.15) is 5.75 Å². The van der Waals surface area contributed by atoms with Gasteiger partial charge >= 0.3 is 12.2 Å². The smallest absolute Gasteiger partial charge is 0.451 e. The molecule has 2 amide bonds. The van der Waals surface area contributed by atoms with Crippen LogP contribution in [0, 0.1) is 0 Å². The summed E-state index contributed by atoms with van der Waals surface area (Å²) >= 11 is 0. The fourth-order valence-corrected chi connectivity index (χ4v) is 3.18. The van der Waals surface area contributed by atoms with Crippen molar-refractivity contribution in [2.24, 2.45) is 0 Å². The molecule has 0 unspecified atom stereocenters. The number of rotatable bonds is 9. The number of benzene rings is 2.